The number of alkyl carbamates (subject to hydrolysis) is 1. The predicted octanol–water partition coefficient (Wildman–Crippen LogP) is 2.24. The lowest BCUT2D eigenvalue weighted by molar-refractivity contribution is -0.123. The summed E-state index contributed by atoms with van der Waals surface area (Å²) in [6, 6.07) is 8.73. The zero-order valence-corrected chi connectivity index (χ0v) is 12.5. The number of hydrogen-bond acceptors (Lipinski definition) is 3. The third-order valence-corrected chi connectivity index (χ3v) is 2.86. The van der Waals surface area contributed by atoms with Crippen molar-refractivity contribution in [2.75, 3.05) is 6.54 Å². The molecule has 0 unspecified atom stereocenters. The molecule has 2 amide bonds. The van der Waals surface area contributed by atoms with Crippen molar-refractivity contribution in [3.05, 3.63) is 48.6 Å². The Morgan fingerprint density at radius 3 is 2.52 bits per heavy atom. The lowest BCUT2D eigenvalue weighted by Gasteiger charge is -2.21. The highest BCUT2D eigenvalue weighted by Gasteiger charge is 2.24. The average Bonchev–Trinajstić information content (AvgIpc) is 2.49. The monoisotopic (exact) mass is 290 g/mol. The molecule has 0 saturated carbocycles. The van der Waals surface area contributed by atoms with E-state index in [1.54, 1.807) is 6.08 Å². The van der Waals surface area contributed by atoms with Gasteiger partial charge in [-0.25, -0.2) is 4.79 Å². The standard InChI is InChI=1S/C16H22N2O3/c1-4-10-17-15(19)14(12(2)3)18-16(20)21-11-13-8-6-5-7-9-13/h4-9,12,14H,1,10-11H2,2-3H3,(H,17,19)(H,18,20)/t14-/m1/s1. The van der Waals surface area contributed by atoms with E-state index in [1.807, 2.05) is 44.2 Å². The van der Waals surface area contributed by atoms with Gasteiger partial charge < -0.3 is 15.4 Å². The smallest absolute Gasteiger partial charge is 0.408 e. The molecule has 1 rings (SSSR count). The van der Waals surface area contributed by atoms with Gasteiger partial charge in [-0.15, -0.1) is 6.58 Å². The number of carbonyl (C=O) groups is 2. The van der Waals surface area contributed by atoms with Crippen molar-refractivity contribution < 1.29 is 14.3 Å². The zero-order chi connectivity index (χ0) is 15.7. The summed E-state index contributed by atoms with van der Waals surface area (Å²) in [5.74, 6) is -0.291. The molecular formula is C16H22N2O3. The van der Waals surface area contributed by atoms with E-state index in [4.69, 9.17) is 4.74 Å². The highest BCUT2D eigenvalue weighted by atomic mass is 16.5. The number of rotatable bonds is 7. The summed E-state index contributed by atoms with van der Waals surface area (Å²) in [6.45, 7) is 7.78. The molecule has 0 bridgehead atoms. The van der Waals surface area contributed by atoms with Crippen LogP contribution in [0.5, 0.6) is 0 Å². The minimum atomic E-state index is -0.631. The van der Waals surface area contributed by atoms with Crippen LogP contribution in [0.3, 0.4) is 0 Å². The van der Waals surface area contributed by atoms with Crippen LogP contribution in [-0.2, 0) is 16.1 Å². The molecule has 0 spiro atoms. The van der Waals surface area contributed by atoms with Gasteiger partial charge >= 0.3 is 6.09 Å². The van der Waals surface area contributed by atoms with Gasteiger partial charge in [0.25, 0.3) is 0 Å². The van der Waals surface area contributed by atoms with Gasteiger partial charge in [0.2, 0.25) is 5.91 Å². The molecule has 2 N–H and O–H groups in total. The van der Waals surface area contributed by atoms with Crippen molar-refractivity contribution >= 4 is 12.0 Å². The minimum Gasteiger partial charge on any atom is -0.445 e. The highest BCUT2D eigenvalue weighted by molar-refractivity contribution is 5.85. The summed E-state index contributed by atoms with van der Waals surface area (Å²) in [5.41, 5.74) is 0.893. The first-order chi connectivity index (χ1) is 10.0. The van der Waals surface area contributed by atoms with Crippen LogP contribution in [0.15, 0.2) is 43.0 Å². The van der Waals surface area contributed by atoms with E-state index in [9.17, 15) is 9.59 Å². The van der Waals surface area contributed by atoms with Crippen molar-refractivity contribution in [1.29, 1.82) is 0 Å². The fourth-order valence-electron chi connectivity index (χ4n) is 1.71. The molecule has 114 valence electrons. The number of benzene rings is 1. The topological polar surface area (TPSA) is 67.4 Å². The van der Waals surface area contributed by atoms with E-state index in [1.165, 1.54) is 0 Å². The summed E-state index contributed by atoms with van der Waals surface area (Å²) < 4.78 is 5.11. The summed E-state index contributed by atoms with van der Waals surface area (Å²) in [5, 5.41) is 5.25. The third-order valence-electron chi connectivity index (χ3n) is 2.86. The van der Waals surface area contributed by atoms with E-state index in [-0.39, 0.29) is 18.4 Å². The first-order valence-electron chi connectivity index (χ1n) is 6.90. The second-order valence-electron chi connectivity index (χ2n) is 4.96. The third kappa shape index (κ3) is 6.12. The van der Waals surface area contributed by atoms with Crippen molar-refractivity contribution in [2.45, 2.75) is 26.5 Å². The normalized spacial score (nSPS) is 11.6. The Morgan fingerprint density at radius 2 is 1.95 bits per heavy atom. The van der Waals surface area contributed by atoms with Crippen molar-refractivity contribution in [1.82, 2.24) is 10.6 Å². The van der Waals surface area contributed by atoms with Crippen LogP contribution in [0.25, 0.3) is 0 Å². The van der Waals surface area contributed by atoms with E-state index in [0.717, 1.165) is 5.56 Å². The fraction of sp³-hybridized carbons (Fsp3) is 0.375. The van der Waals surface area contributed by atoms with Gasteiger partial charge in [-0.1, -0.05) is 50.3 Å². The van der Waals surface area contributed by atoms with Gasteiger partial charge in [-0.05, 0) is 11.5 Å². The number of carbonyl (C=O) groups excluding carboxylic acids is 2. The molecule has 21 heavy (non-hydrogen) atoms. The second-order valence-corrected chi connectivity index (χ2v) is 4.96. The fourth-order valence-corrected chi connectivity index (χ4v) is 1.71. The molecule has 0 fully saturated rings. The molecular weight excluding hydrogens is 268 g/mol. The summed E-state index contributed by atoms with van der Waals surface area (Å²) in [6.07, 6.45) is 0.981. The molecule has 5 nitrogen and oxygen atoms in total. The van der Waals surface area contributed by atoms with Gasteiger partial charge in [0.05, 0.1) is 0 Å². The molecule has 1 aromatic rings. The molecule has 0 aliphatic rings. The van der Waals surface area contributed by atoms with Crippen molar-refractivity contribution in [3.8, 4) is 0 Å². The molecule has 0 aromatic heterocycles. The summed E-state index contributed by atoms with van der Waals surface area (Å²) in [4.78, 5) is 23.7. The molecule has 0 radical (unpaired) electrons. The van der Waals surface area contributed by atoms with Gasteiger partial charge in [-0.3, -0.25) is 4.79 Å². The van der Waals surface area contributed by atoms with E-state index >= 15 is 0 Å². The number of nitrogens with one attached hydrogen (secondary N) is 2. The molecule has 5 heteroatoms. The van der Waals surface area contributed by atoms with Crippen LogP contribution in [0.4, 0.5) is 4.79 Å². The van der Waals surface area contributed by atoms with E-state index in [0.29, 0.717) is 6.54 Å². The highest BCUT2D eigenvalue weighted by Crippen LogP contribution is 2.04. The summed E-state index contributed by atoms with van der Waals surface area (Å²) >= 11 is 0. The molecule has 0 aliphatic carbocycles. The lowest BCUT2D eigenvalue weighted by Crippen LogP contribution is -2.49. The van der Waals surface area contributed by atoms with Crippen molar-refractivity contribution in [3.63, 3.8) is 0 Å². The maximum Gasteiger partial charge on any atom is 0.408 e. The molecule has 1 aromatic carbocycles. The van der Waals surface area contributed by atoms with Gasteiger partial charge in [0.15, 0.2) is 0 Å². The molecule has 0 heterocycles. The minimum absolute atomic E-state index is 0.0425. The quantitative estimate of drug-likeness (QED) is 0.757. The molecule has 0 aliphatic heterocycles. The van der Waals surface area contributed by atoms with Crippen LogP contribution in [0.1, 0.15) is 19.4 Å². The van der Waals surface area contributed by atoms with Gasteiger partial charge in [0, 0.05) is 6.54 Å². The van der Waals surface area contributed by atoms with Crippen molar-refractivity contribution in [2.24, 2.45) is 5.92 Å². The summed E-state index contributed by atoms with van der Waals surface area (Å²) in [7, 11) is 0. The Bertz CT molecular complexity index is 472. The van der Waals surface area contributed by atoms with Crippen LogP contribution < -0.4 is 10.6 Å². The Morgan fingerprint density at radius 1 is 1.29 bits per heavy atom. The van der Waals surface area contributed by atoms with Gasteiger partial charge in [0.1, 0.15) is 12.6 Å². The second kappa shape index (κ2) is 8.79. The number of amides is 2. The zero-order valence-electron chi connectivity index (χ0n) is 12.5. The van der Waals surface area contributed by atoms with Crippen LogP contribution in [0.2, 0.25) is 0 Å². The van der Waals surface area contributed by atoms with E-state index in [2.05, 4.69) is 17.2 Å². The first kappa shape index (κ1) is 16.8. The van der Waals surface area contributed by atoms with Crippen LogP contribution in [0, 0.1) is 5.92 Å². The predicted molar refractivity (Wildman–Crippen MR) is 81.6 cm³/mol. The number of ether oxygens (including phenoxy) is 1. The van der Waals surface area contributed by atoms with Crippen LogP contribution >= 0.6 is 0 Å². The first-order valence-corrected chi connectivity index (χ1v) is 6.90. The Hall–Kier alpha value is -2.30. The Kier molecular flexibility index (Phi) is 7.01. The molecule has 0 saturated heterocycles. The maximum atomic E-state index is 11.9. The van der Waals surface area contributed by atoms with Gasteiger partial charge in [-0.2, -0.15) is 0 Å². The van der Waals surface area contributed by atoms with E-state index < -0.39 is 12.1 Å². The Labute approximate surface area is 125 Å². The largest absolute Gasteiger partial charge is 0.445 e. The number of hydrogen-bond donors (Lipinski definition) is 2. The maximum absolute atomic E-state index is 11.9. The lowest BCUT2D eigenvalue weighted by atomic mass is 10.0. The van der Waals surface area contributed by atoms with Crippen LogP contribution in [-0.4, -0.2) is 24.6 Å². The Balaban J connectivity index is 2.48. The SMILES string of the molecule is C=CCNC(=O)[C@H](NC(=O)OCc1ccccc1)C(C)C. The average molecular weight is 290 g/mol. The molecule has 1 atom stereocenters.